The van der Waals surface area contributed by atoms with Crippen molar-refractivity contribution in [3.63, 3.8) is 0 Å². The first-order valence-corrected chi connectivity index (χ1v) is 6.67. The van der Waals surface area contributed by atoms with Crippen molar-refractivity contribution in [3.8, 4) is 5.75 Å². The van der Waals surface area contributed by atoms with Gasteiger partial charge in [0.1, 0.15) is 5.75 Å². The van der Waals surface area contributed by atoms with Crippen LogP contribution in [0, 0.1) is 13.8 Å². The predicted molar refractivity (Wildman–Crippen MR) is 81.1 cm³/mol. The Morgan fingerprint density at radius 1 is 1.11 bits per heavy atom. The number of aromatic hydroxyl groups is 1. The molecule has 0 saturated carbocycles. The highest BCUT2D eigenvalue weighted by molar-refractivity contribution is 6.30. The van der Waals surface area contributed by atoms with Gasteiger partial charge in [0.15, 0.2) is 0 Å². The SMILES string of the molecule is Cc1ccc(O)c(C(C)Nc2cc(Cl)ccc2C)c1. The molecule has 19 heavy (non-hydrogen) atoms. The van der Waals surface area contributed by atoms with Crippen molar-refractivity contribution in [1.29, 1.82) is 0 Å². The highest BCUT2D eigenvalue weighted by atomic mass is 35.5. The minimum Gasteiger partial charge on any atom is -0.508 e. The third kappa shape index (κ3) is 3.21. The zero-order valence-electron chi connectivity index (χ0n) is 11.4. The summed E-state index contributed by atoms with van der Waals surface area (Å²) in [6.45, 7) is 6.07. The minimum atomic E-state index is 0.0112. The van der Waals surface area contributed by atoms with Gasteiger partial charge in [-0.1, -0.05) is 35.4 Å². The number of nitrogens with one attached hydrogen (secondary N) is 1. The van der Waals surface area contributed by atoms with Crippen LogP contribution in [0.4, 0.5) is 5.69 Å². The Labute approximate surface area is 119 Å². The van der Waals surface area contributed by atoms with E-state index in [1.54, 1.807) is 6.07 Å². The molecule has 0 fully saturated rings. The number of phenols is 1. The summed E-state index contributed by atoms with van der Waals surface area (Å²) in [5.41, 5.74) is 4.13. The fourth-order valence-electron chi connectivity index (χ4n) is 2.08. The fourth-order valence-corrected chi connectivity index (χ4v) is 2.25. The summed E-state index contributed by atoms with van der Waals surface area (Å²) in [7, 11) is 0. The molecule has 0 saturated heterocycles. The average molecular weight is 276 g/mol. The molecular formula is C16H18ClNO. The Hall–Kier alpha value is -1.67. The molecule has 0 spiro atoms. The van der Waals surface area contributed by atoms with Gasteiger partial charge in [-0.2, -0.15) is 0 Å². The van der Waals surface area contributed by atoms with E-state index in [0.717, 1.165) is 22.4 Å². The van der Waals surface area contributed by atoms with E-state index in [0.29, 0.717) is 10.8 Å². The van der Waals surface area contributed by atoms with Gasteiger partial charge in [-0.15, -0.1) is 0 Å². The Balaban J connectivity index is 2.27. The third-order valence-corrected chi connectivity index (χ3v) is 3.46. The molecule has 2 aromatic carbocycles. The standard InChI is InChI=1S/C16H18ClNO/c1-10-4-7-16(19)14(8-10)12(3)18-15-9-13(17)6-5-11(15)2/h4-9,12,18-19H,1-3H3. The molecule has 1 atom stereocenters. The van der Waals surface area contributed by atoms with Gasteiger partial charge in [0.05, 0.1) is 6.04 Å². The normalized spacial score (nSPS) is 12.2. The molecule has 0 aliphatic rings. The molecule has 0 aliphatic carbocycles. The van der Waals surface area contributed by atoms with Gasteiger partial charge in [-0.3, -0.25) is 0 Å². The van der Waals surface area contributed by atoms with Crippen molar-refractivity contribution in [2.45, 2.75) is 26.8 Å². The van der Waals surface area contributed by atoms with Crippen molar-refractivity contribution in [2.75, 3.05) is 5.32 Å². The van der Waals surface area contributed by atoms with Crippen LogP contribution in [0.25, 0.3) is 0 Å². The average Bonchev–Trinajstić information content (AvgIpc) is 2.36. The Morgan fingerprint density at radius 2 is 1.84 bits per heavy atom. The van der Waals surface area contributed by atoms with E-state index in [1.807, 2.05) is 51.1 Å². The van der Waals surface area contributed by atoms with Crippen molar-refractivity contribution >= 4 is 17.3 Å². The van der Waals surface area contributed by atoms with Gasteiger partial charge in [0.25, 0.3) is 0 Å². The molecule has 2 aromatic rings. The lowest BCUT2D eigenvalue weighted by Gasteiger charge is -2.19. The monoisotopic (exact) mass is 275 g/mol. The first-order chi connectivity index (χ1) is 8.97. The Morgan fingerprint density at radius 3 is 2.58 bits per heavy atom. The number of rotatable bonds is 3. The lowest BCUT2D eigenvalue weighted by Crippen LogP contribution is -2.08. The fraction of sp³-hybridized carbons (Fsp3) is 0.250. The molecule has 0 aromatic heterocycles. The Kier molecular flexibility index (Phi) is 4.01. The highest BCUT2D eigenvalue weighted by Crippen LogP contribution is 2.30. The van der Waals surface area contributed by atoms with Crippen LogP contribution >= 0.6 is 11.6 Å². The van der Waals surface area contributed by atoms with Crippen LogP contribution in [0.3, 0.4) is 0 Å². The van der Waals surface area contributed by atoms with E-state index >= 15 is 0 Å². The van der Waals surface area contributed by atoms with Crippen molar-refractivity contribution in [1.82, 2.24) is 0 Å². The zero-order valence-corrected chi connectivity index (χ0v) is 12.1. The minimum absolute atomic E-state index is 0.0112. The van der Waals surface area contributed by atoms with E-state index in [1.165, 1.54) is 0 Å². The Bertz CT molecular complexity index is 595. The van der Waals surface area contributed by atoms with Crippen LogP contribution in [0.1, 0.15) is 29.7 Å². The van der Waals surface area contributed by atoms with E-state index < -0.39 is 0 Å². The van der Waals surface area contributed by atoms with Gasteiger partial charge in [0.2, 0.25) is 0 Å². The summed E-state index contributed by atoms with van der Waals surface area (Å²) in [4.78, 5) is 0. The van der Waals surface area contributed by atoms with Gasteiger partial charge >= 0.3 is 0 Å². The first-order valence-electron chi connectivity index (χ1n) is 6.29. The van der Waals surface area contributed by atoms with Gasteiger partial charge in [-0.05, 0) is 44.5 Å². The number of anilines is 1. The molecule has 2 nitrogen and oxygen atoms in total. The second kappa shape index (κ2) is 5.54. The van der Waals surface area contributed by atoms with Crippen LogP contribution in [0.15, 0.2) is 36.4 Å². The molecule has 0 amide bonds. The molecule has 2 N–H and O–H groups in total. The number of phenolic OH excluding ortho intramolecular Hbond substituents is 1. The quantitative estimate of drug-likeness (QED) is 0.840. The topological polar surface area (TPSA) is 32.3 Å². The summed E-state index contributed by atoms with van der Waals surface area (Å²) >= 11 is 6.01. The maximum absolute atomic E-state index is 9.94. The third-order valence-electron chi connectivity index (χ3n) is 3.22. The summed E-state index contributed by atoms with van der Waals surface area (Å²) in [5.74, 6) is 0.310. The molecular weight excluding hydrogens is 258 g/mol. The molecule has 0 heterocycles. The second-order valence-electron chi connectivity index (χ2n) is 4.89. The number of benzene rings is 2. The van der Waals surface area contributed by atoms with Gasteiger partial charge < -0.3 is 10.4 Å². The van der Waals surface area contributed by atoms with E-state index in [-0.39, 0.29) is 6.04 Å². The molecule has 0 bridgehead atoms. The molecule has 1 unspecified atom stereocenters. The highest BCUT2D eigenvalue weighted by Gasteiger charge is 2.11. The van der Waals surface area contributed by atoms with Crippen LogP contribution in [0.5, 0.6) is 5.75 Å². The summed E-state index contributed by atoms with van der Waals surface area (Å²) < 4.78 is 0. The lowest BCUT2D eigenvalue weighted by atomic mass is 10.0. The number of aryl methyl sites for hydroxylation is 2. The van der Waals surface area contributed by atoms with E-state index in [4.69, 9.17) is 11.6 Å². The summed E-state index contributed by atoms with van der Waals surface area (Å²) in [5, 5.41) is 14.0. The number of halogens is 1. The van der Waals surface area contributed by atoms with Crippen LogP contribution in [-0.4, -0.2) is 5.11 Å². The molecule has 0 radical (unpaired) electrons. The predicted octanol–water partition coefficient (Wildman–Crippen LogP) is 4.84. The molecule has 100 valence electrons. The first kappa shape index (κ1) is 13.8. The van der Waals surface area contributed by atoms with Crippen LogP contribution in [-0.2, 0) is 0 Å². The maximum atomic E-state index is 9.94. The smallest absolute Gasteiger partial charge is 0.120 e. The van der Waals surface area contributed by atoms with Crippen molar-refractivity contribution in [2.24, 2.45) is 0 Å². The number of hydrogen-bond donors (Lipinski definition) is 2. The van der Waals surface area contributed by atoms with Crippen LogP contribution in [0.2, 0.25) is 5.02 Å². The lowest BCUT2D eigenvalue weighted by molar-refractivity contribution is 0.465. The zero-order chi connectivity index (χ0) is 14.0. The molecule has 3 heteroatoms. The van der Waals surface area contributed by atoms with Crippen molar-refractivity contribution < 1.29 is 5.11 Å². The van der Waals surface area contributed by atoms with E-state index in [2.05, 4.69) is 5.32 Å². The molecule has 0 aliphatic heterocycles. The van der Waals surface area contributed by atoms with Crippen LogP contribution < -0.4 is 5.32 Å². The summed E-state index contributed by atoms with van der Waals surface area (Å²) in [6, 6.07) is 11.4. The summed E-state index contributed by atoms with van der Waals surface area (Å²) in [6.07, 6.45) is 0. The largest absolute Gasteiger partial charge is 0.508 e. The van der Waals surface area contributed by atoms with E-state index in [9.17, 15) is 5.11 Å². The maximum Gasteiger partial charge on any atom is 0.120 e. The number of hydrogen-bond acceptors (Lipinski definition) is 2. The van der Waals surface area contributed by atoms with Gasteiger partial charge in [0, 0.05) is 16.3 Å². The van der Waals surface area contributed by atoms with Crippen molar-refractivity contribution in [3.05, 3.63) is 58.1 Å². The molecule has 2 rings (SSSR count). The van der Waals surface area contributed by atoms with Gasteiger partial charge in [-0.25, -0.2) is 0 Å². The second-order valence-corrected chi connectivity index (χ2v) is 5.32.